The van der Waals surface area contributed by atoms with Crippen molar-refractivity contribution in [3.05, 3.63) is 60.8 Å². The molecule has 0 spiro atoms. The highest BCUT2D eigenvalue weighted by molar-refractivity contribution is 5.84. The first kappa shape index (κ1) is 29.6. The van der Waals surface area contributed by atoms with Crippen molar-refractivity contribution >= 4 is 11.9 Å². The third-order valence-electron chi connectivity index (χ3n) is 4.70. The zero-order valence-corrected chi connectivity index (χ0v) is 20.1. The van der Waals surface area contributed by atoms with Crippen molar-refractivity contribution in [1.29, 1.82) is 0 Å². The SMILES string of the molecule is CC/C=C\C/C=C\C/C=C\C/C=C\C/C=C\CCCC(=O)NC(CCCCN)C(=O)OC. The quantitative estimate of drug-likeness (QED) is 0.152. The van der Waals surface area contributed by atoms with Crippen LogP contribution < -0.4 is 11.1 Å². The molecule has 0 saturated heterocycles. The van der Waals surface area contributed by atoms with E-state index in [-0.39, 0.29) is 5.91 Å². The number of methoxy groups -OCH3 is 1. The maximum atomic E-state index is 12.1. The minimum Gasteiger partial charge on any atom is -0.467 e. The highest BCUT2D eigenvalue weighted by Gasteiger charge is 2.20. The lowest BCUT2D eigenvalue weighted by Gasteiger charge is -2.16. The molecule has 0 aliphatic carbocycles. The van der Waals surface area contributed by atoms with Crippen LogP contribution in [0.25, 0.3) is 0 Å². The molecule has 1 amide bonds. The first-order valence-corrected chi connectivity index (χ1v) is 12.0. The van der Waals surface area contributed by atoms with E-state index in [4.69, 9.17) is 10.5 Å². The molecule has 1 unspecified atom stereocenters. The number of ether oxygens (including phenoxy) is 1. The number of allylic oxidation sites excluding steroid dienone is 10. The van der Waals surface area contributed by atoms with Crippen LogP contribution in [0.2, 0.25) is 0 Å². The number of hydrogen-bond donors (Lipinski definition) is 2. The van der Waals surface area contributed by atoms with Gasteiger partial charge in [0.1, 0.15) is 6.04 Å². The molecule has 0 bridgehead atoms. The number of unbranched alkanes of at least 4 members (excludes halogenated alkanes) is 2. The number of carbonyl (C=O) groups excluding carboxylic acids is 2. The summed E-state index contributed by atoms with van der Waals surface area (Å²) in [5.41, 5.74) is 5.48. The molecule has 5 nitrogen and oxygen atoms in total. The predicted octanol–water partition coefficient (Wildman–Crippen LogP) is 5.69. The minimum absolute atomic E-state index is 0.111. The topological polar surface area (TPSA) is 81.4 Å². The van der Waals surface area contributed by atoms with Gasteiger partial charge in [-0.1, -0.05) is 67.7 Å². The maximum absolute atomic E-state index is 12.1. The van der Waals surface area contributed by atoms with Crippen molar-refractivity contribution in [3.8, 4) is 0 Å². The van der Waals surface area contributed by atoms with Crippen molar-refractivity contribution in [2.75, 3.05) is 13.7 Å². The summed E-state index contributed by atoms with van der Waals surface area (Å²) in [5.74, 6) is -0.506. The second-order valence-electron chi connectivity index (χ2n) is 7.53. The van der Waals surface area contributed by atoms with E-state index in [0.717, 1.165) is 57.8 Å². The Kier molecular flexibility index (Phi) is 21.5. The number of nitrogens with one attached hydrogen (secondary N) is 1. The predicted molar refractivity (Wildman–Crippen MR) is 135 cm³/mol. The molecule has 1 atom stereocenters. The van der Waals surface area contributed by atoms with E-state index in [9.17, 15) is 9.59 Å². The Balaban J connectivity index is 3.84. The van der Waals surface area contributed by atoms with Gasteiger partial charge in [-0.3, -0.25) is 4.79 Å². The summed E-state index contributed by atoms with van der Waals surface area (Å²) >= 11 is 0. The van der Waals surface area contributed by atoms with Gasteiger partial charge in [0.15, 0.2) is 0 Å². The van der Waals surface area contributed by atoms with E-state index in [2.05, 4.69) is 73.0 Å². The van der Waals surface area contributed by atoms with Gasteiger partial charge in [-0.15, -0.1) is 0 Å². The fourth-order valence-electron chi connectivity index (χ4n) is 2.90. The zero-order valence-electron chi connectivity index (χ0n) is 20.1. The molecule has 180 valence electrons. The lowest BCUT2D eigenvalue weighted by atomic mass is 10.1. The Morgan fingerprint density at radius 2 is 1.34 bits per heavy atom. The number of rotatable bonds is 19. The van der Waals surface area contributed by atoms with Crippen molar-refractivity contribution in [2.45, 2.75) is 83.6 Å². The number of hydrogen-bond acceptors (Lipinski definition) is 4. The Bertz CT molecular complexity index is 618. The molecule has 0 rings (SSSR count). The smallest absolute Gasteiger partial charge is 0.328 e. The largest absolute Gasteiger partial charge is 0.467 e. The summed E-state index contributed by atoms with van der Waals surface area (Å²) in [4.78, 5) is 23.9. The molecule has 0 radical (unpaired) electrons. The van der Waals surface area contributed by atoms with Crippen molar-refractivity contribution in [3.63, 3.8) is 0 Å². The Labute approximate surface area is 195 Å². The molecule has 3 N–H and O–H groups in total. The molecule has 0 fully saturated rings. The van der Waals surface area contributed by atoms with Crippen LogP contribution in [0.4, 0.5) is 0 Å². The number of nitrogens with two attached hydrogens (primary N) is 1. The van der Waals surface area contributed by atoms with Crippen LogP contribution in [0.15, 0.2) is 60.8 Å². The Morgan fingerprint density at radius 3 is 1.84 bits per heavy atom. The second-order valence-corrected chi connectivity index (χ2v) is 7.53. The fraction of sp³-hybridized carbons (Fsp3) is 0.556. The number of esters is 1. The van der Waals surface area contributed by atoms with Gasteiger partial charge in [-0.2, -0.15) is 0 Å². The molecule has 0 aromatic heterocycles. The highest BCUT2D eigenvalue weighted by Crippen LogP contribution is 2.05. The molecule has 0 heterocycles. The highest BCUT2D eigenvalue weighted by atomic mass is 16.5. The van der Waals surface area contributed by atoms with E-state index in [1.165, 1.54) is 7.11 Å². The van der Waals surface area contributed by atoms with Crippen LogP contribution in [0, 0.1) is 0 Å². The van der Waals surface area contributed by atoms with Crippen molar-refractivity contribution in [1.82, 2.24) is 5.32 Å². The second kappa shape index (κ2) is 23.3. The van der Waals surface area contributed by atoms with E-state index >= 15 is 0 Å². The normalized spacial score (nSPS) is 13.2. The standard InChI is InChI=1S/C27H44N2O3/c1-3-4-5-6-7-8-9-10-11-12-13-14-15-16-17-18-19-23-26(30)29-25(27(31)32-2)22-20-21-24-28/h4-5,7-8,10-11,13-14,16-17,25H,3,6,9,12,15,18-24,28H2,1-2H3,(H,29,30)/b5-4-,8-7-,11-10-,14-13-,17-16-. The minimum atomic E-state index is -0.576. The van der Waals surface area contributed by atoms with Crippen LogP contribution in [-0.4, -0.2) is 31.6 Å². The van der Waals surface area contributed by atoms with E-state index in [1.54, 1.807) is 0 Å². The van der Waals surface area contributed by atoms with Gasteiger partial charge >= 0.3 is 5.97 Å². The van der Waals surface area contributed by atoms with Gasteiger partial charge in [0.05, 0.1) is 7.11 Å². The van der Waals surface area contributed by atoms with Gasteiger partial charge in [0.25, 0.3) is 0 Å². The average molecular weight is 445 g/mol. The molecule has 32 heavy (non-hydrogen) atoms. The van der Waals surface area contributed by atoms with Crippen molar-refractivity contribution < 1.29 is 14.3 Å². The summed E-state index contributed by atoms with van der Waals surface area (Å²) < 4.78 is 4.77. The molecule has 0 aromatic rings. The maximum Gasteiger partial charge on any atom is 0.328 e. The van der Waals surface area contributed by atoms with Gasteiger partial charge in [0, 0.05) is 6.42 Å². The first-order valence-electron chi connectivity index (χ1n) is 12.0. The van der Waals surface area contributed by atoms with Gasteiger partial charge < -0.3 is 15.8 Å². The van der Waals surface area contributed by atoms with E-state index < -0.39 is 12.0 Å². The van der Waals surface area contributed by atoms with Gasteiger partial charge in [-0.05, 0) is 70.8 Å². The fourth-order valence-corrected chi connectivity index (χ4v) is 2.90. The third-order valence-corrected chi connectivity index (χ3v) is 4.70. The van der Waals surface area contributed by atoms with Crippen LogP contribution in [0.5, 0.6) is 0 Å². The van der Waals surface area contributed by atoms with Crippen LogP contribution in [0.3, 0.4) is 0 Å². The summed E-state index contributed by atoms with van der Waals surface area (Å²) in [6.45, 7) is 2.72. The third kappa shape index (κ3) is 19.6. The summed E-state index contributed by atoms with van der Waals surface area (Å²) in [6.07, 6.45) is 30.8. The molecule has 5 heteroatoms. The lowest BCUT2D eigenvalue weighted by molar-refractivity contribution is -0.145. The molecule has 0 aromatic carbocycles. The Hall–Kier alpha value is -2.40. The molecule has 0 aliphatic rings. The number of amides is 1. The van der Waals surface area contributed by atoms with Crippen LogP contribution in [-0.2, 0) is 14.3 Å². The van der Waals surface area contributed by atoms with E-state index in [0.29, 0.717) is 19.4 Å². The molecule has 0 aliphatic heterocycles. The summed E-state index contributed by atoms with van der Waals surface area (Å²) in [6, 6.07) is -0.576. The Morgan fingerprint density at radius 1 is 0.812 bits per heavy atom. The van der Waals surface area contributed by atoms with Gasteiger partial charge in [0.2, 0.25) is 5.91 Å². The van der Waals surface area contributed by atoms with Crippen LogP contribution >= 0.6 is 0 Å². The molecular weight excluding hydrogens is 400 g/mol. The van der Waals surface area contributed by atoms with Gasteiger partial charge in [-0.25, -0.2) is 4.79 Å². The molecular formula is C27H44N2O3. The van der Waals surface area contributed by atoms with Crippen molar-refractivity contribution in [2.24, 2.45) is 5.73 Å². The zero-order chi connectivity index (χ0) is 23.7. The lowest BCUT2D eigenvalue weighted by Crippen LogP contribution is -2.41. The summed E-state index contributed by atoms with van der Waals surface area (Å²) in [7, 11) is 1.34. The summed E-state index contributed by atoms with van der Waals surface area (Å²) in [5, 5.41) is 2.78. The number of carbonyl (C=O) groups is 2. The molecule has 0 saturated carbocycles. The van der Waals surface area contributed by atoms with E-state index in [1.807, 2.05) is 0 Å². The monoisotopic (exact) mass is 444 g/mol. The first-order chi connectivity index (χ1) is 15.7. The van der Waals surface area contributed by atoms with Crippen LogP contribution in [0.1, 0.15) is 77.6 Å². The average Bonchev–Trinajstić information content (AvgIpc) is 2.80.